The Balaban J connectivity index is 1.84. The molecule has 5 nitrogen and oxygen atoms in total. The maximum atomic E-state index is 10.4. The Morgan fingerprint density at radius 1 is 1.20 bits per heavy atom. The van der Waals surface area contributed by atoms with E-state index >= 15 is 0 Å². The number of para-hydroxylation sites is 1. The summed E-state index contributed by atoms with van der Waals surface area (Å²) < 4.78 is 5.25. The van der Waals surface area contributed by atoms with Crippen molar-refractivity contribution in [2.24, 2.45) is 0 Å². The summed E-state index contributed by atoms with van der Waals surface area (Å²) in [5, 5.41) is 14.5. The lowest BCUT2D eigenvalue weighted by atomic mass is 10.0. The van der Waals surface area contributed by atoms with E-state index in [0.29, 0.717) is 18.1 Å². The first-order chi connectivity index (χ1) is 9.67. The molecule has 1 aromatic carbocycles. The number of anilines is 1. The van der Waals surface area contributed by atoms with Crippen LogP contribution >= 0.6 is 0 Å². The number of hydrogen-bond acceptors (Lipinski definition) is 5. The minimum atomic E-state index is -1.10. The van der Waals surface area contributed by atoms with Crippen LogP contribution < -0.4 is 5.32 Å². The summed E-state index contributed by atoms with van der Waals surface area (Å²) in [6.07, 6.45) is 3.05. The summed E-state index contributed by atoms with van der Waals surface area (Å²) in [5.41, 5.74) is -0.238. The first-order valence-electron chi connectivity index (χ1n) is 6.37. The number of benzene rings is 1. The van der Waals surface area contributed by atoms with E-state index in [1.54, 1.807) is 25.3 Å². The average Bonchev–Trinajstić information content (AvgIpc) is 3.00. The fraction of sp³-hybridized carbons (Fsp3) is 0.200. The fourth-order valence-corrected chi connectivity index (χ4v) is 2.07. The molecule has 0 amide bonds. The van der Waals surface area contributed by atoms with E-state index in [1.165, 1.54) is 6.33 Å². The molecule has 0 aliphatic carbocycles. The molecule has 0 saturated heterocycles. The van der Waals surface area contributed by atoms with Crippen LogP contribution in [0.4, 0.5) is 5.82 Å². The van der Waals surface area contributed by atoms with Gasteiger partial charge >= 0.3 is 0 Å². The Hall–Kier alpha value is -2.40. The molecule has 102 valence electrons. The van der Waals surface area contributed by atoms with Gasteiger partial charge in [0, 0.05) is 5.39 Å². The van der Waals surface area contributed by atoms with E-state index in [4.69, 9.17) is 4.42 Å². The van der Waals surface area contributed by atoms with Crippen molar-refractivity contribution < 1.29 is 9.52 Å². The van der Waals surface area contributed by atoms with Crippen molar-refractivity contribution >= 4 is 16.7 Å². The Morgan fingerprint density at radius 2 is 2.05 bits per heavy atom. The van der Waals surface area contributed by atoms with E-state index in [1.807, 2.05) is 24.3 Å². The lowest BCUT2D eigenvalue weighted by Crippen LogP contribution is -2.30. The van der Waals surface area contributed by atoms with Crippen LogP contribution in [-0.4, -0.2) is 21.6 Å². The molecule has 0 radical (unpaired) electrons. The predicted octanol–water partition coefficient (Wildman–Crippen LogP) is 2.54. The molecule has 3 rings (SSSR count). The number of rotatable bonds is 4. The van der Waals surface area contributed by atoms with Crippen molar-refractivity contribution in [1.82, 2.24) is 9.97 Å². The van der Waals surface area contributed by atoms with Gasteiger partial charge in [-0.2, -0.15) is 0 Å². The zero-order chi connectivity index (χ0) is 14.0. The fourth-order valence-electron chi connectivity index (χ4n) is 2.07. The number of furan rings is 1. The van der Waals surface area contributed by atoms with Gasteiger partial charge in [0.25, 0.3) is 0 Å². The summed E-state index contributed by atoms with van der Waals surface area (Å²) >= 11 is 0. The molecule has 2 heterocycles. The minimum Gasteiger partial charge on any atom is -0.466 e. The van der Waals surface area contributed by atoms with Gasteiger partial charge in [0.2, 0.25) is 0 Å². The van der Waals surface area contributed by atoms with Crippen LogP contribution in [0, 0.1) is 0 Å². The summed E-state index contributed by atoms with van der Waals surface area (Å²) in [6, 6.07) is 11.2. The largest absolute Gasteiger partial charge is 0.466 e. The highest BCUT2D eigenvalue weighted by molar-refractivity contribution is 5.88. The lowest BCUT2D eigenvalue weighted by molar-refractivity contribution is 0.0476. The third-order valence-electron chi connectivity index (χ3n) is 3.19. The Kier molecular flexibility index (Phi) is 3.12. The Bertz CT molecular complexity index is 703. The number of fused-ring (bicyclic) bond motifs is 1. The van der Waals surface area contributed by atoms with Gasteiger partial charge in [-0.25, -0.2) is 9.97 Å². The smallest absolute Gasteiger partial charge is 0.137 e. The molecule has 0 aliphatic rings. The maximum absolute atomic E-state index is 10.4. The van der Waals surface area contributed by atoms with E-state index in [2.05, 4.69) is 15.3 Å². The molecule has 1 unspecified atom stereocenters. The van der Waals surface area contributed by atoms with Gasteiger partial charge in [-0.05, 0) is 31.2 Å². The average molecular weight is 269 g/mol. The molecule has 2 N–H and O–H groups in total. The number of aromatic nitrogens is 2. The number of nitrogens with zero attached hydrogens (tertiary/aromatic N) is 2. The summed E-state index contributed by atoms with van der Waals surface area (Å²) in [6.45, 7) is 1.99. The van der Waals surface area contributed by atoms with E-state index < -0.39 is 5.60 Å². The van der Waals surface area contributed by atoms with Crippen LogP contribution in [0.5, 0.6) is 0 Å². The molecule has 2 aromatic heterocycles. The number of aliphatic hydroxyl groups is 1. The summed E-state index contributed by atoms with van der Waals surface area (Å²) in [7, 11) is 0. The first kappa shape index (κ1) is 12.6. The monoisotopic (exact) mass is 269 g/mol. The zero-order valence-corrected chi connectivity index (χ0v) is 11.1. The summed E-state index contributed by atoms with van der Waals surface area (Å²) in [4.78, 5) is 8.43. The molecule has 0 fully saturated rings. The molecular formula is C15H15N3O2. The Labute approximate surface area is 116 Å². The van der Waals surface area contributed by atoms with Crippen molar-refractivity contribution in [3.05, 3.63) is 54.7 Å². The van der Waals surface area contributed by atoms with E-state index in [-0.39, 0.29) is 0 Å². The van der Waals surface area contributed by atoms with Gasteiger partial charge in [0.15, 0.2) is 0 Å². The van der Waals surface area contributed by atoms with Crippen LogP contribution in [0.3, 0.4) is 0 Å². The van der Waals surface area contributed by atoms with Crippen molar-refractivity contribution in [1.29, 1.82) is 0 Å². The predicted molar refractivity (Wildman–Crippen MR) is 76.3 cm³/mol. The third-order valence-corrected chi connectivity index (χ3v) is 3.19. The van der Waals surface area contributed by atoms with Crippen LogP contribution in [-0.2, 0) is 5.60 Å². The second-order valence-corrected chi connectivity index (χ2v) is 4.84. The second kappa shape index (κ2) is 4.94. The quantitative estimate of drug-likeness (QED) is 0.761. The van der Waals surface area contributed by atoms with Crippen molar-refractivity contribution in [2.75, 3.05) is 11.9 Å². The van der Waals surface area contributed by atoms with Gasteiger partial charge in [-0.3, -0.25) is 0 Å². The number of hydrogen-bond donors (Lipinski definition) is 2. The van der Waals surface area contributed by atoms with Crippen molar-refractivity contribution in [2.45, 2.75) is 12.5 Å². The molecule has 0 spiro atoms. The molecule has 0 bridgehead atoms. The van der Waals surface area contributed by atoms with Crippen LogP contribution in [0.25, 0.3) is 10.9 Å². The van der Waals surface area contributed by atoms with E-state index in [0.717, 1.165) is 10.9 Å². The highest BCUT2D eigenvalue weighted by Gasteiger charge is 2.26. The first-order valence-corrected chi connectivity index (χ1v) is 6.37. The van der Waals surface area contributed by atoms with Crippen molar-refractivity contribution in [3.63, 3.8) is 0 Å². The minimum absolute atomic E-state index is 0.293. The topological polar surface area (TPSA) is 71.2 Å². The van der Waals surface area contributed by atoms with Gasteiger partial charge in [-0.1, -0.05) is 12.1 Å². The van der Waals surface area contributed by atoms with Crippen LogP contribution in [0.15, 0.2) is 53.4 Å². The molecule has 5 heteroatoms. The molecule has 1 atom stereocenters. The number of nitrogens with one attached hydrogen (secondary N) is 1. The molecule has 20 heavy (non-hydrogen) atoms. The highest BCUT2D eigenvalue weighted by atomic mass is 16.4. The molecule has 0 aliphatic heterocycles. The SMILES string of the molecule is CC(O)(CNc1ncnc2ccccc12)c1ccco1. The maximum Gasteiger partial charge on any atom is 0.137 e. The zero-order valence-electron chi connectivity index (χ0n) is 11.1. The third kappa shape index (κ3) is 2.35. The lowest BCUT2D eigenvalue weighted by Gasteiger charge is -2.21. The van der Waals surface area contributed by atoms with Gasteiger partial charge in [0.1, 0.15) is 23.5 Å². The van der Waals surface area contributed by atoms with Crippen molar-refractivity contribution in [3.8, 4) is 0 Å². The normalized spacial score (nSPS) is 14.1. The van der Waals surface area contributed by atoms with Gasteiger partial charge < -0.3 is 14.8 Å². The Morgan fingerprint density at radius 3 is 2.85 bits per heavy atom. The van der Waals surface area contributed by atoms with Gasteiger partial charge in [-0.15, -0.1) is 0 Å². The van der Waals surface area contributed by atoms with Gasteiger partial charge in [0.05, 0.1) is 18.3 Å². The standard InChI is InChI=1S/C15H15N3O2/c1-15(19,13-7-4-8-20-13)9-16-14-11-5-2-3-6-12(11)17-10-18-14/h2-8,10,19H,9H2,1H3,(H,16,17,18). The highest BCUT2D eigenvalue weighted by Crippen LogP contribution is 2.23. The van der Waals surface area contributed by atoms with Crippen LogP contribution in [0.1, 0.15) is 12.7 Å². The van der Waals surface area contributed by atoms with E-state index in [9.17, 15) is 5.11 Å². The molecule has 0 saturated carbocycles. The summed E-state index contributed by atoms with van der Waals surface area (Å²) in [5.74, 6) is 1.21. The van der Waals surface area contributed by atoms with Crippen LogP contribution in [0.2, 0.25) is 0 Å². The second-order valence-electron chi connectivity index (χ2n) is 4.84. The molecular weight excluding hydrogens is 254 g/mol. The molecule has 3 aromatic rings.